The maximum atomic E-state index is 12.4. The fourth-order valence-corrected chi connectivity index (χ4v) is 2.40. The zero-order valence-corrected chi connectivity index (χ0v) is 10.6. The van der Waals surface area contributed by atoms with Crippen molar-refractivity contribution in [2.75, 3.05) is 6.54 Å². The van der Waals surface area contributed by atoms with Crippen molar-refractivity contribution in [3.05, 3.63) is 34.9 Å². The molecule has 2 rings (SSSR count). The Morgan fingerprint density at radius 3 is 2.72 bits per heavy atom. The number of aliphatic carboxylic acids is 1. The van der Waals surface area contributed by atoms with Crippen molar-refractivity contribution in [1.29, 1.82) is 0 Å². The Labute approximate surface area is 106 Å². The van der Waals surface area contributed by atoms with Crippen molar-refractivity contribution in [3.63, 3.8) is 0 Å². The van der Waals surface area contributed by atoms with Gasteiger partial charge in [0.25, 0.3) is 5.91 Å². The van der Waals surface area contributed by atoms with Crippen molar-refractivity contribution in [1.82, 2.24) is 4.90 Å². The van der Waals surface area contributed by atoms with Gasteiger partial charge in [0, 0.05) is 12.1 Å². The molecule has 0 aromatic heterocycles. The van der Waals surface area contributed by atoms with Gasteiger partial charge in [0.15, 0.2) is 0 Å². The van der Waals surface area contributed by atoms with Crippen LogP contribution in [0.5, 0.6) is 0 Å². The number of hydrogen-bond donors (Lipinski definition) is 1. The van der Waals surface area contributed by atoms with Crippen molar-refractivity contribution < 1.29 is 14.7 Å². The molecule has 1 fully saturated rings. The van der Waals surface area contributed by atoms with E-state index in [0.717, 1.165) is 17.5 Å². The van der Waals surface area contributed by atoms with Crippen molar-refractivity contribution in [2.45, 2.75) is 32.7 Å². The number of carbonyl (C=O) groups is 2. The molecule has 1 atom stereocenters. The summed E-state index contributed by atoms with van der Waals surface area (Å²) >= 11 is 0. The summed E-state index contributed by atoms with van der Waals surface area (Å²) in [7, 11) is 0. The minimum Gasteiger partial charge on any atom is -0.480 e. The number of hydrogen-bond acceptors (Lipinski definition) is 2. The van der Waals surface area contributed by atoms with E-state index in [0.29, 0.717) is 18.5 Å². The number of carbonyl (C=O) groups excluding carboxylic acids is 1. The number of carboxylic acid groups (broad SMARTS) is 1. The van der Waals surface area contributed by atoms with Gasteiger partial charge in [-0.3, -0.25) is 4.79 Å². The molecule has 1 aromatic carbocycles. The van der Waals surface area contributed by atoms with Crippen molar-refractivity contribution >= 4 is 11.9 Å². The van der Waals surface area contributed by atoms with Crippen LogP contribution >= 0.6 is 0 Å². The van der Waals surface area contributed by atoms with E-state index < -0.39 is 12.0 Å². The number of amides is 1. The first-order chi connectivity index (χ1) is 8.52. The Morgan fingerprint density at radius 1 is 1.33 bits per heavy atom. The van der Waals surface area contributed by atoms with Gasteiger partial charge in [0.1, 0.15) is 6.04 Å². The maximum Gasteiger partial charge on any atom is 0.326 e. The molecule has 0 saturated carbocycles. The molecule has 0 bridgehead atoms. The Hall–Kier alpha value is -1.84. The Bertz CT molecular complexity index is 496. The van der Waals surface area contributed by atoms with Gasteiger partial charge in [-0.15, -0.1) is 0 Å². The van der Waals surface area contributed by atoms with Crippen LogP contribution in [-0.4, -0.2) is 34.5 Å². The zero-order valence-electron chi connectivity index (χ0n) is 10.6. The Kier molecular flexibility index (Phi) is 3.36. The fraction of sp³-hybridized carbons (Fsp3) is 0.429. The smallest absolute Gasteiger partial charge is 0.326 e. The minimum absolute atomic E-state index is 0.166. The van der Waals surface area contributed by atoms with E-state index in [2.05, 4.69) is 0 Å². The number of aryl methyl sites for hydroxylation is 1. The van der Waals surface area contributed by atoms with Crippen LogP contribution in [0.25, 0.3) is 0 Å². The number of likely N-dealkylation sites (tertiary alicyclic amines) is 1. The molecule has 4 nitrogen and oxygen atoms in total. The monoisotopic (exact) mass is 247 g/mol. The summed E-state index contributed by atoms with van der Waals surface area (Å²) in [6.07, 6.45) is 1.31. The van der Waals surface area contributed by atoms with Crippen LogP contribution < -0.4 is 0 Å². The van der Waals surface area contributed by atoms with E-state index in [1.807, 2.05) is 26.0 Å². The van der Waals surface area contributed by atoms with Crippen LogP contribution in [0.15, 0.2) is 18.2 Å². The van der Waals surface area contributed by atoms with Gasteiger partial charge in [-0.05, 0) is 43.9 Å². The van der Waals surface area contributed by atoms with Crippen LogP contribution in [0.3, 0.4) is 0 Å². The molecule has 1 aromatic rings. The second-order valence-electron chi connectivity index (χ2n) is 4.74. The Morgan fingerprint density at radius 2 is 2.06 bits per heavy atom. The molecule has 1 N–H and O–H groups in total. The highest BCUT2D eigenvalue weighted by molar-refractivity contribution is 5.98. The van der Waals surface area contributed by atoms with E-state index in [1.165, 1.54) is 4.90 Å². The second-order valence-corrected chi connectivity index (χ2v) is 4.74. The minimum atomic E-state index is -0.911. The summed E-state index contributed by atoms with van der Waals surface area (Å²) in [6, 6.07) is 4.88. The lowest BCUT2D eigenvalue weighted by Crippen LogP contribution is -2.40. The van der Waals surface area contributed by atoms with E-state index in [1.54, 1.807) is 6.07 Å². The first kappa shape index (κ1) is 12.6. The third kappa shape index (κ3) is 2.10. The molecular formula is C14H17NO3. The molecule has 1 aliphatic rings. The molecular weight excluding hydrogens is 230 g/mol. The van der Waals surface area contributed by atoms with Gasteiger partial charge in [-0.2, -0.15) is 0 Å². The fourth-order valence-electron chi connectivity index (χ4n) is 2.40. The van der Waals surface area contributed by atoms with Crippen LogP contribution in [0.1, 0.15) is 34.3 Å². The van der Waals surface area contributed by atoms with E-state index in [9.17, 15) is 9.59 Å². The largest absolute Gasteiger partial charge is 0.480 e. The summed E-state index contributed by atoms with van der Waals surface area (Å²) in [6.45, 7) is 4.38. The summed E-state index contributed by atoms with van der Waals surface area (Å²) in [5.41, 5.74) is 2.59. The molecule has 1 heterocycles. The summed E-state index contributed by atoms with van der Waals surface area (Å²) in [4.78, 5) is 25.0. The van der Waals surface area contributed by atoms with Gasteiger partial charge in [0.05, 0.1) is 0 Å². The molecule has 96 valence electrons. The van der Waals surface area contributed by atoms with Crippen LogP contribution in [-0.2, 0) is 4.79 Å². The molecule has 0 aliphatic carbocycles. The average molecular weight is 247 g/mol. The molecule has 1 saturated heterocycles. The van der Waals surface area contributed by atoms with E-state index in [4.69, 9.17) is 5.11 Å². The van der Waals surface area contributed by atoms with Gasteiger partial charge in [-0.1, -0.05) is 12.1 Å². The highest BCUT2D eigenvalue weighted by atomic mass is 16.4. The highest BCUT2D eigenvalue weighted by Crippen LogP contribution is 2.22. The standard InChI is InChI=1S/C14H17NO3/c1-9-5-3-6-11(10(9)2)13(16)15-8-4-7-12(15)14(17)18/h3,5-6,12H,4,7-8H2,1-2H3,(H,17,18). The molecule has 0 radical (unpaired) electrons. The zero-order chi connectivity index (χ0) is 13.3. The molecule has 1 unspecified atom stereocenters. The van der Waals surface area contributed by atoms with Gasteiger partial charge in [-0.25, -0.2) is 4.79 Å². The first-order valence-corrected chi connectivity index (χ1v) is 6.12. The van der Waals surface area contributed by atoms with E-state index in [-0.39, 0.29) is 5.91 Å². The lowest BCUT2D eigenvalue weighted by Gasteiger charge is -2.22. The molecule has 0 spiro atoms. The molecule has 1 amide bonds. The lowest BCUT2D eigenvalue weighted by molar-refractivity contribution is -0.141. The van der Waals surface area contributed by atoms with Crippen LogP contribution in [0, 0.1) is 13.8 Å². The normalized spacial score (nSPS) is 19.0. The summed E-state index contributed by atoms with van der Waals surface area (Å²) < 4.78 is 0. The van der Waals surface area contributed by atoms with Crippen molar-refractivity contribution in [3.8, 4) is 0 Å². The SMILES string of the molecule is Cc1cccc(C(=O)N2CCCC2C(=O)O)c1C. The summed E-state index contributed by atoms with van der Waals surface area (Å²) in [5, 5.41) is 9.11. The molecule has 18 heavy (non-hydrogen) atoms. The molecule has 4 heteroatoms. The predicted octanol–water partition coefficient (Wildman–Crippen LogP) is 1.99. The summed E-state index contributed by atoms with van der Waals surface area (Å²) in [5.74, 6) is -1.08. The highest BCUT2D eigenvalue weighted by Gasteiger charge is 2.34. The Balaban J connectivity index is 2.31. The number of rotatable bonds is 2. The topological polar surface area (TPSA) is 57.6 Å². The second kappa shape index (κ2) is 4.80. The first-order valence-electron chi connectivity index (χ1n) is 6.12. The van der Waals surface area contributed by atoms with E-state index >= 15 is 0 Å². The van der Waals surface area contributed by atoms with Crippen LogP contribution in [0.4, 0.5) is 0 Å². The predicted molar refractivity (Wildman–Crippen MR) is 67.6 cm³/mol. The average Bonchev–Trinajstić information content (AvgIpc) is 2.81. The maximum absolute atomic E-state index is 12.4. The third-order valence-corrected chi connectivity index (χ3v) is 3.63. The number of benzene rings is 1. The lowest BCUT2D eigenvalue weighted by atomic mass is 10.0. The number of nitrogens with zero attached hydrogens (tertiary/aromatic N) is 1. The molecule has 1 aliphatic heterocycles. The van der Waals surface area contributed by atoms with Crippen LogP contribution in [0.2, 0.25) is 0 Å². The quantitative estimate of drug-likeness (QED) is 0.869. The van der Waals surface area contributed by atoms with Gasteiger partial charge >= 0.3 is 5.97 Å². The van der Waals surface area contributed by atoms with Crippen molar-refractivity contribution in [2.24, 2.45) is 0 Å². The van der Waals surface area contributed by atoms with Gasteiger partial charge in [0.2, 0.25) is 0 Å². The van der Waals surface area contributed by atoms with Gasteiger partial charge < -0.3 is 10.0 Å². The number of carboxylic acids is 1. The third-order valence-electron chi connectivity index (χ3n) is 3.63.